The quantitative estimate of drug-likeness (QED) is 0.846. The van der Waals surface area contributed by atoms with E-state index in [0.29, 0.717) is 29.0 Å². The second-order valence-corrected chi connectivity index (χ2v) is 7.53. The summed E-state index contributed by atoms with van der Waals surface area (Å²) in [6.07, 6.45) is 2.68. The van der Waals surface area contributed by atoms with Crippen LogP contribution in [0.25, 0.3) is 0 Å². The van der Waals surface area contributed by atoms with Crippen molar-refractivity contribution in [2.45, 2.75) is 33.1 Å². The number of fused-ring (bicyclic) bond motifs is 1. The molecule has 3 rings (SSSR count). The molecule has 0 unspecified atom stereocenters. The van der Waals surface area contributed by atoms with Gasteiger partial charge in [0.1, 0.15) is 11.6 Å². The van der Waals surface area contributed by atoms with Gasteiger partial charge in [-0.15, -0.1) is 0 Å². The van der Waals surface area contributed by atoms with Crippen molar-refractivity contribution in [2.75, 3.05) is 11.9 Å². The Hall–Kier alpha value is -1.47. The molecule has 1 aliphatic heterocycles. The Morgan fingerprint density at radius 1 is 1.48 bits per heavy atom. The van der Waals surface area contributed by atoms with Crippen molar-refractivity contribution in [3.8, 4) is 5.75 Å². The van der Waals surface area contributed by atoms with Crippen molar-refractivity contribution < 1.29 is 9.53 Å². The van der Waals surface area contributed by atoms with E-state index in [0.717, 1.165) is 35.1 Å². The molecule has 0 fully saturated rings. The van der Waals surface area contributed by atoms with Gasteiger partial charge >= 0.3 is 0 Å². The lowest BCUT2D eigenvalue weighted by molar-refractivity contribution is 0.102. The molecule has 0 radical (unpaired) electrons. The van der Waals surface area contributed by atoms with Crippen molar-refractivity contribution in [1.29, 1.82) is 0 Å². The van der Waals surface area contributed by atoms with E-state index < -0.39 is 0 Å². The summed E-state index contributed by atoms with van der Waals surface area (Å²) < 4.78 is 11.0. The summed E-state index contributed by atoms with van der Waals surface area (Å²) >= 11 is 4.74. The fourth-order valence-corrected chi connectivity index (χ4v) is 3.62. The molecule has 23 heavy (non-hydrogen) atoms. The highest BCUT2D eigenvalue weighted by Gasteiger charge is 2.22. The topological polar surface area (TPSA) is 64.1 Å². The molecular weight excluding hydrogens is 378 g/mol. The molecule has 2 heterocycles. The number of carbonyl (C=O) groups excluding carboxylic acids is 1. The van der Waals surface area contributed by atoms with Crippen LogP contribution < -0.4 is 10.1 Å². The van der Waals surface area contributed by atoms with Gasteiger partial charge in [-0.05, 0) is 30.9 Å². The number of rotatable bonds is 4. The molecule has 5 nitrogen and oxygen atoms in total. The van der Waals surface area contributed by atoms with E-state index in [2.05, 4.69) is 44.5 Å². The zero-order valence-corrected chi connectivity index (χ0v) is 15.5. The second-order valence-electron chi connectivity index (χ2n) is 5.92. The van der Waals surface area contributed by atoms with Crippen molar-refractivity contribution in [1.82, 2.24) is 9.36 Å². The molecule has 1 amide bonds. The van der Waals surface area contributed by atoms with Gasteiger partial charge in [0.2, 0.25) is 5.13 Å². The highest BCUT2D eigenvalue weighted by Crippen LogP contribution is 2.35. The van der Waals surface area contributed by atoms with E-state index in [9.17, 15) is 4.79 Å². The molecule has 0 spiro atoms. The summed E-state index contributed by atoms with van der Waals surface area (Å²) in [4.78, 5) is 16.9. The third-order valence-electron chi connectivity index (χ3n) is 3.54. The molecule has 1 aromatic heterocycles. The lowest BCUT2D eigenvalue weighted by Crippen LogP contribution is -2.18. The minimum atomic E-state index is -0.206. The zero-order valence-electron chi connectivity index (χ0n) is 13.1. The van der Waals surface area contributed by atoms with Gasteiger partial charge in [0, 0.05) is 28.0 Å². The smallest absolute Gasteiger partial charge is 0.261 e. The fraction of sp³-hybridized carbons (Fsp3) is 0.438. The Kier molecular flexibility index (Phi) is 4.96. The van der Waals surface area contributed by atoms with Gasteiger partial charge in [0.05, 0.1) is 12.2 Å². The van der Waals surface area contributed by atoms with Crippen molar-refractivity contribution in [2.24, 2.45) is 5.92 Å². The second kappa shape index (κ2) is 6.97. The Morgan fingerprint density at radius 2 is 2.30 bits per heavy atom. The Morgan fingerprint density at radius 3 is 3.09 bits per heavy atom. The van der Waals surface area contributed by atoms with Gasteiger partial charge in [0.25, 0.3) is 5.91 Å². The number of hydrogen-bond acceptors (Lipinski definition) is 5. The SMILES string of the molecule is CC(C)Cc1nsc(NC(=O)c2ccc(Br)c3c2OCCC3)n1. The van der Waals surface area contributed by atoms with Crippen LogP contribution in [-0.4, -0.2) is 21.9 Å². The number of amides is 1. The number of benzene rings is 1. The van der Waals surface area contributed by atoms with E-state index in [1.807, 2.05) is 6.07 Å². The lowest BCUT2D eigenvalue weighted by Gasteiger charge is -2.21. The first kappa shape index (κ1) is 16.4. The standard InChI is InChI=1S/C16H18BrN3O2S/c1-9(2)8-13-18-16(23-20-13)19-15(21)11-5-6-12(17)10-4-3-7-22-14(10)11/h5-6,9H,3-4,7-8H2,1-2H3,(H,18,19,20,21). The largest absolute Gasteiger partial charge is 0.492 e. The summed E-state index contributed by atoms with van der Waals surface area (Å²) in [5, 5.41) is 3.36. The number of ether oxygens (including phenoxy) is 1. The third kappa shape index (κ3) is 3.72. The normalized spacial score (nSPS) is 13.6. The average molecular weight is 396 g/mol. The predicted octanol–water partition coefficient (Wildman–Crippen LogP) is 4.08. The monoisotopic (exact) mass is 395 g/mol. The van der Waals surface area contributed by atoms with Crippen molar-refractivity contribution in [3.63, 3.8) is 0 Å². The number of nitrogens with one attached hydrogen (secondary N) is 1. The van der Waals surface area contributed by atoms with Crippen LogP contribution >= 0.6 is 27.5 Å². The number of hydrogen-bond donors (Lipinski definition) is 1. The highest BCUT2D eigenvalue weighted by molar-refractivity contribution is 9.10. The predicted molar refractivity (Wildman–Crippen MR) is 94.4 cm³/mol. The van der Waals surface area contributed by atoms with E-state index in [1.165, 1.54) is 11.5 Å². The first-order valence-corrected chi connectivity index (χ1v) is 9.19. The Bertz CT molecular complexity index is 730. The highest BCUT2D eigenvalue weighted by atomic mass is 79.9. The maximum Gasteiger partial charge on any atom is 0.261 e. The first-order chi connectivity index (χ1) is 11.0. The van der Waals surface area contributed by atoms with E-state index in [1.54, 1.807) is 6.07 Å². The molecule has 0 saturated heterocycles. The molecule has 1 aromatic carbocycles. The number of halogens is 1. The van der Waals surface area contributed by atoms with E-state index in [-0.39, 0.29) is 5.91 Å². The van der Waals surface area contributed by atoms with Crippen molar-refractivity contribution in [3.05, 3.63) is 33.6 Å². The van der Waals surface area contributed by atoms with Crippen LogP contribution in [0.3, 0.4) is 0 Å². The number of carbonyl (C=O) groups is 1. The van der Waals surface area contributed by atoms with Gasteiger partial charge in [-0.2, -0.15) is 4.37 Å². The minimum absolute atomic E-state index is 0.206. The summed E-state index contributed by atoms with van der Waals surface area (Å²) in [6, 6.07) is 3.67. The molecule has 1 N–H and O–H groups in total. The first-order valence-electron chi connectivity index (χ1n) is 7.62. The molecule has 2 aromatic rings. The maximum absolute atomic E-state index is 12.6. The molecule has 7 heteroatoms. The zero-order chi connectivity index (χ0) is 16.4. The molecule has 0 aliphatic carbocycles. The molecule has 0 bridgehead atoms. The van der Waals surface area contributed by atoms with E-state index >= 15 is 0 Å². The Labute approximate surface area is 147 Å². The molecule has 1 aliphatic rings. The maximum atomic E-state index is 12.6. The lowest BCUT2D eigenvalue weighted by atomic mass is 10.0. The molecular formula is C16H18BrN3O2S. The summed E-state index contributed by atoms with van der Waals surface area (Å²) in [5.74, 6) is 1.73. The van der Waals surface area contributed by atoms with Gasteiger partial charge in [-0.1, -0.05) is 29.8 Å². The number of nitrogens with zero attached hydrogens (tertiary/aromatic N) is 2. The van der Waals surface area contributed by atoms with Gasteiger partial charge in [-0.3, -0.25) is 10.1 Å². The van der Waals surface area contributed by atoms with Crippen LogP contribution in [0.2, 0.25) is 0 Å². The van der Waals surface area contributed by atoms with Crippen LogP contribution in [0.15, 0.2) is 16.6 Å². The molecule has 0 saturated carbocycles. The number of anilines is 1. The fourth-order valence-electron chi connectivity index (χ4n) is 2.52. The van der Waals surface area contributed by atoms with Crippen LogP contribution in [0, 0.1) is 5.92 Å². The summed E-state index contributed by atoms with van der Waals surface area (Å²) in [6.45, 7) is 4.87. The summed E-state index contributed by atoms with van der Waals surface area (Å²) in [5.41, 5.74) is 1.60. The van der Waals surface area contributed by atoms with Crippen LogP contribution in [-0.2, 0) is 12.8 Å². The molecule has 0 atom stereocenters. The average Bonchev–Trinajstić information content (AvgIpc) is 2.94. The van der Waals surface area contributed by atoms with E-state index in [4.69, 9.17) is 4.74 Å². The summed E-state index contributed by atoms with van der Waals surface area (Å²) in [7, 11) is 0. The minimum Gasteiger partial charge on any atom is -0.492 e. The van der Waals surface area contributed by atoms with Gasteiger partial charge in [0.15, 0.2) is 0 Å². The Balaban J connectivity index is 1.80. The van der Waals surface area contributed by atoms with Crippen LogP contribution in [0.5, 0.6) is 5.75 Å². The third-order valence-corrected chi connectivity index (χ3v) is 4.96. The van der Waals surface area contributed by atoms with Gasteiger partial charge in [-0.25, -0.2) is 4.98 Å². The van der Waals surface area contributed by atoms with Crippen LogP contribution in [0.1, 0.15) is 42.0 Å². The van der Waals surface area contributed by atoms with Crippen LogP contribution in [0.4, 0.5) is 5.13 Å². The van der Waals surface area contributed by atoms with Gasteiger partial charge < -0.3 is 4.74 Å². The van der Waals surface area contributed by atoms with Crippen molar-refractivity contribution >= 4 is 38.5 Å². The molecule has 122 valence electrons. The number of aromatic nitrogens is 2.